The minimum Gasteiger partial charge on any atom is -0.371 e. The van der Waals surface area contributed by atoms with Gasteiger partial charge in [0.1, 0.15) is 0 Å². The standard InChI is InChI=1S/C16H25BrN2/c1-3-18-12-14-6-7-15(17)11-16(14)19-9-4-5-13(2)8-10-19/h6-7,11,13,18H,3-5,8-10,12H2,1-2H3. The molecule has 19 heavy (non-hydrogen) atoms. The Morgan fingerprint density at radius 2 is 2.16 bits per heavy atom. The van der Waals surface area contributed by atoms with Gasteiger partial charge in [0.25, 0.3) is 0 Å². The molecule has 0 spiro atoms. The van der Waals surface area contributed by atoms with Crippen molar-refractivity contribution in [2.75, 3.05) is 24.5 Å². The Morgan fingerprint density at radius 1 is 1.32 bits per heavy atom. The van der Waals surface area contributed by atoms with Gasteiger partial charge >= 0.3 is 0 Å². The molecule has 106 valence electrons. The molecular formula is C16H25BrN2. The first-order chi connectivity index (χ1) is 9.20. The van der Waals surface area contributed by atoms with Crippen molar-refractivity contribution in [3.05, 3.63) is 28.2 Å². The third-order valence-electron chi connectivity index (χ3n) is 3.97. The van der Waals surface area contributed by atoms with E-state index in [2.05, 4.69) is 58.2 Å². The van der Waals surface area contributed by atoms with Gasteiger partial charge in [-0.15, -0.1) is 0 Å². The average molecular weight is 325 g/mol. The van der Waals surface area contributed by atoms with Crippen LogP contribution in [0.1, 0.15) is 38.7 Å². The molecule has 0 aromatic heterocycles. The third kappa shape index (κ3) is 4.22. The number of halogens is 1. The van der Waals surface area contributed by atoms with Crippen molar-refractivity contribution in [3.8, 4) is 0 Å². The second-order valence-corrected chi connectivity index (χ2v) is 6.49. The van der Waals surface area contributed by atoms with Crippen LogP contribution in [0.3, 0.4) is 0 Å². The minimum absolute atomic E-state index is 0.870. The highest BCUT2D eigenvalue weighted by atomic mass is 79.9. The first-order valence-corrected chi connectivity index (χ1v) is 8.24. The molecule has 2 nitrogen and oxygen atoms in total. The summed E-state index contributed by atoms with van der Waals surface area (Å²) in [6.07, 6.45) is 3.99. The number of hydrogen-bond acceptors (Lipinski definition) is 2. The predicted molar refractivity (Wildman–Crippen MR) is 86.8 cm³/mol. The van der Waals surface area contributed by atoms with Gasteiger partial charge in [-0.05, 0) is 49.4 Å². The number of anilines is 1. The van der Waals surface area contributed by atoms with Crippen LogP contribution in [0, 0.1) is 5.92 Å². The van der Waals surface area contributed by atoms with Crippen molar-refractivity contribution in [2.24, 2.45) is 5.92 Å². The fourth-order valence-electron chi connectivity index (χ4n) is 2.74. The first-order valence-electron chi connectivity index (χ1n) is 7.44. The van der Waals surface area contributed by atoms with E-state index in [9.17, 15) is 0 Å². The zero-order chi connectivity index (χ0) is 13.7. The van der Waals surface area contributed by atoms with Crippen LogP contribution < -0.4 is 10.2 Å². The SMILES string of the molecule is CCNCc1ccc(Br)cc1N1CCCC(C)CC1. The molecule has 0 aliphatic carbocycles. The van der Waals surface area contributed by atoms with Crippen molar-refractivity contribution in [2.45, 2.75) is 39.7 Å². The lowest BCUT2D eigenvalue weighted by Gasteiger charge is -2.26. The van der Waals surface area contributed by atoms with Gasteiger partial charge < -0.3 is 10.2 Å². The molecule has 0 amide bonds. The summed E-state index contributed by atoms with van der Waals surface area (Å²) in [4.78, 5) is 2.57. The number of nitrogens with zero attached hydrogens (tertiary/aromatic N) is 1. The van der Waals surface area contributed by atoms with Gasteiger partial charge in [0.15, 0.2) is 0 Å². The number of benzene rings is 1. The molecule has 3 heteroatoms. The van der Waals surface area contributed by atoms with Crippen LogP contribution in [0.4, 0.5) is 5.69 Å². The predicted octanol–water partition coefficient (Wildman–Crippen LogP) is 4.19. The lowest BCUT2D eigenvalue weighted by atomic mass is 10.0. The van der Waals surface area contributed by atoms with Gasteiger partial charge in [-0.3, -0.25) is 0 Å². The summed E-state index contributed by atoms with van der Waals surface area (Å²) in [5.41, 5.74) is 2.82. The van der Waals surface area contributed by atoms with E-state index in [1.807, 2.05) is 0 Å². The number of nitrogens with one attached hydrogen (secondary N) is 1. The van der Waals surface area contributed by atoms with E-state index in [0.29, 0.717) is 0 Å². The molecule has 0 saturated carbocycles. The second kappa shape index (κ2) is 7.30. The van der Waals surface area contributed by atoms with Crippen LogP contribution in [0.2, 0.25) is 0 Å². The smallest absolute Gasteiger partial charge is 0.0423 e. The Kier molecular flexibility index (Phi) is 5.71. The van der Waals surface area contributed by atoms with Crippen LogP contribution in [0.25, 0.3) is 0 Å². The maximum absolute atomic E-state index is 3.62. The molecule has 1 aromatic rings. The summed E-state index contributed by atoms with van der Waals surface area (Å²) < 4.78 is 1.18. The van der Waals surface area contributed by atoms with Crippen molar-refractivity contribution < 1.29 is 0 Å². The summed E-state index contributed by atoms with van der Waals surface area (Å²) in [6, 6.07) is 6.68. The van der Waals surface area contributed by atoms with E-state index < -0.39 is 0 Å². The Bertz CT molecular complexity index is 406. The molecule has 1 atom stereocenters. The molecular weight excluding hydrogens is 300 g/mol. The Balaban J connectivity index is 2.18. The van der Waals surface area contributed by atoms with Gasteiger partial charge in [0.05, 0.1) is 0 Å². The van der Waals surface area contributed by atoms with Crippen molar-refractivity contribution in [1.29, 1.82) is 0 Å². The van der Waals surface area contributed by atoms with Crippen molar-refractivity contribution >= 4 is 21.6 Å². The maximum Gasteiger partial charge on any atom is 0.0423 e. The minimum atomic E-state index is 0.870. The second-order valence-electron chi connectivity index (χ2n) is 5.58. The lowest BCUT2D eigenvalue weighted by molar-refractivity contribution is 0.521. The Labute approximate surface area is 125 Å². The molecule has 1 saturated heterocycles. The number of rotatable bonds is 4. The van der Waals surface area contributed by atoms with Crippen LogP contribution in [-0.2, 0) is 6.54 Å². The quantitative estimate of drug-likeness (QED) is 0.893. The van der Waals surface area contributed by atoms with E-state index in [1.54, 1.807) is 0 Å². The lowest BCUT2D eigenvalue weighted by Crippen LogP contribution is -2.26. The summed E-state index contributed by atoms with van der Waals surface area (Å²) in [7, 11) is 0. The molecule has 1 unspecified atom stereocenters. The summed E-state index contributed by atoms with van der Waals surface area (Å²) in [5, 5.41) is 3.45. The van der Waals surface area contributed by atoms with E-state index in [4.69, 9.17) is 0 Å². The molecule has 1 heterocycles. The fraction of sp³-hybridized carbons (Fsp3) is 0.625. The monoisotopic (exact) mass is 324 g/mol. The Morgan fingerprint density at radius 3 is 2.95 bits per heavy atom. The average Bonchev–Trinajstić information content (AvgIpc) is 2.62. The van der Waals surface area contributed by atoms with Gasteiger partial charge in [-0.2, -0.15) is 0 Å². The summed E-state index contributed by atoms with van der Waals surface area (Å²) >= 11 is 3.62. The molecule has 0 radical (unpaired) electrons. The molecule has 1 aromatic carbocycles. The summed E-state index contributed by atoms with van der Waals surface area (Å²) in [5.74, 6) is 0.870. The summed E-state index contributed by atoms with van der Waals surface area (Å²) in [6.45, 7) is 8.91. The van der Waals surface area contributed by atoms with Crippen molar-refractivity contribution in [3.63, 3.8) is 0 Å². The van der Waals surface area contributed by atoms with Gasteiger partial charge in [0, 0.05) is 29.8 Å². The van der Waals surface area contributed by atoms with E-state index >= 15 is 0 Å². The topological polar surface area (TPSA) is 15.3 Å². The van der Waals surface area contributed by atoms with Gasteiger partial charge in [0.2, 0.25) is 0 Å². The maximum atomic E-state index is 3.62. The van der Waals surface area contributed by atoms with E-state index in [-0.39, 0.29) is 0 Å². The molecule has 1 N–H and O–H groups in total. The molecule has 2 rings (SSSR count). The molecule has 1 fully saturated rings. The third-order valence-corrected chi connectivity index (χ3v) is 4.46. The van der Waals surface area contributed by atoms with E-state index in [1.165, 1.54) is 48.1 Å². The van der Waals surface area contributed by atoms with Crippen LogP contribution in [0.5, 0.6) is 0 Å². The number of hydrogen-bond donors (Lipinski definition) is 1. The van der Waals surface area contributed by atoms with Gasteiger partial charge in [-0.1, -0.05) is 35.8 Å². The molecule has 1 aliphatic heterocycles. The van der Waals surface area contributed by atoms with E-state index in [0.717, 1.165) is 19.0 Å². The zero-order valence-electron chi connectivity index (χ0n) is 12.1. The Hall–Kier alpha value is -0.540. The highest BCUT2D eigenvalue weighted by Gasteiger charge is 2.16. The highest BCUT2D eigenvalue weighted by Crippen LogP contribution is 2.28. The largest absolute Gasteiger partial charge is 0.371 e. The normalized spacial score (nSPS) is 20.4. The zero-order valence-corrected chi connectivity index (χ0v) is 13.7. The highest BCUT2D eigenvalue weighted by molar-refractivity contribution is 9.10. The van der Waals surface area contributed by atoms with Crippen LogP contribution in [0.15, 0.2) is 22.7 Å². The van der Waals surface area contributed by atoms with Gasteiger partial charge in [-0.25, -0.2) is 0 Å². The van der Waals surface area contributed by atoms with Crippen molar-refractivity contribution in [1.82, 2.24) is 5.32 Å². The first kappa shape index (κ1) is 14.9. The van der Waals surface area contributed by atoms with Crippen LogP contribution in [-0.4, -0.2) is 19.6 Å². The molecule has 1 aliphatic rings. The fourth-order valence-corrected chi connectivity index (χ4v) is 3.09. The molecule has 0 bridgehead atoms. The van der Waals surface area contributed by atoms with Crippen LogP contribution >= 0.6 is 15.9 Å².